The summed E-state index contributed by atoms with van der Waals surface area (Å²) in [5, 5.41) is 10.9. The Kier molecular flexibility index (Phi) is 5.55. The van der Waals surface area contributed by atoms with Crippen LogP contribution < -0.4 is 0 Å². The molecule has 0 saturated heterocycles. The fourth-order valence-corrected chi connectivity index (χ4v) is 3.32. The van der Waals surface area contributed by atoms with Crippen molar-refractivity contribution < 1.29 is 32.3 Å². The third-order valence-corrected chi connectivity index (χ3v) is 5.34. The van der Waals surface area contributed by atoms with Crippen LogP contribution in [-0.4, -0.2) is 16.9 Å². The Morgan fingerprint density at radius 2 is 1.81 bits per heavy atom. The van der Waals surface area contributed by atoms with Gasteiger partial charge in [-0.1, -0.05) is 0 Å². The van der Waals surface area contributed by atoms with E-state index in [1.165, 1.54) is 11.3 Å². The first-order chi connectivity index (χ1) is 11.9. The maximum absolute atomic E-state index is 13.8. The minimum Gasteiger partial charge on any atom is -0.481 e. The van der Waals surface area contributed by atoms with Crippen LogP contribution in [0, 0.1) is 5.82 Å². The van der Waals surface area contributed by atoms with Gasteiger partial charge in [0.25, 0.3) is 0 Å². The topological polar surface area (TPSA) is 54.4 Å². The summed E-state index contributed by atoms with van der Waals surface area (Å²) in [6.45, 7) is 3.13. The molecule has 140 valence electrons. The van der Waals surface area contributed by atoms with Crippen LogP contribution in [0.2, 0.25) is 0 Å². The highest BCUT2D eigenvalue weighted by molar-refractivity contribution is 7.10. The van der Waals surface area contributed by atoms with Gasteiger partial charge in [-0.05, 0) is 55.5 Å². The summed E-state index contributed by atoms with van der Waals surface area (Å²) in [4.78, 5) is 24.0. The fourth-order valence-electron chi connectivity index (χ4n) is 2.25. The van der Waals surface area contributed by atoms with Gasteiger partial charge in [0.15, 0.2) is 5.78 Å². The number of benzene rings is 1. The number of carboxylic acid groups (broad SMARTS) is 1. The van der Waals surface area contributed by atoms with Crippen LogP contribution in [-0.2, 0) is 22.8 Å². The van der Waals surface area contributed by atoms with Crippen LogP contribution >= 0.6 is 11.3 Å². The maximum Gasteiger partial charge on any atom is 0.416 e. The summed E-state index contributed by atoms with van der Waals surface area (Å²) in [5.41, 5.74) is -1.88. The first-order valence-electron chi connectivity index (χ1n) is 7.64. The Balaban J connectivity index is 2.08. The van der Waals surface area contributed by atoms with E-state index < -0.39 is 34.7 Å². The number of hydrogen-bond acceptors (Lipinski definition) is 3. The highest BCUT2D eigenvalue weighted by atomic mass is 32.1. The van der Waals surface area contributed by atoms with E-state index in [0.717, 1.165) is 11.6 Å². The van der Waals surface area contributed by atoms with Crippen LogP contribution in [0.15, 0.2) is 29.6 Å². The van der Waals surface area contributed by atoms with E-state index >= 15 is 0 Å². The SMILES string of the molecule is CC(C)(C(=O)O)c1cc(CCC(=O)c2ccc(C(F)(F)F)cc2F)cs1. The van der Waals surface area contributed by atoms with Crippen molar-refractivity contribution >= 4 is 23.1 Å². The Morgan fingerprint density at radius 1 is 1.15 bits per heavy atom. The Hall–Kier alpha value is -2.22. The van der Waals surface area contributed by atoms with E-state index in [1.807, 2.05) is 0 Å². The molecule has 0 bridgehead atoms. The highest BCUT2D eigenvalue weighted by Crippen LogP contribution is 2.32. The molecule has 0 aliphatic heterocycles. The molecule has 1 heterocycles. The summed E-state index contributed by atoms with van der Waals surface area (Å²) in [7, 11) is 0. The molecule has 0 amide bonds. The number of carbonyl (C=O) groups is 2. The zero-order chi connectivity index (χ0) is 19.7. The second kappa shape index (κ2) is 7.19. The smallest absolute Gasteiger partial charge is 0.416 e. The van der Waals surface area contributed by atoms with Crippen molar-refractivity contribution in [3.8, 4) is 0 Å². The molecule has 0 saturated carbocycles. The molecule has 0 spiro atoms. The van der Waals surface area contributed by atoms with E-state index in [-0.39, 0.29) is 18.4 Å². The number of ketones is 1. The predicted octanol–water partition coefficient (Wildman–Crippen LogP) is 5.08. The van der Waals surface area contributed by atoms with Gasteiger partial charge in [-0.2, -0.15) is 13.2 Å². The lowest BCUT2D eigenvalue weighted by molar-refractivity contribution is -0.142. The van der Waals surface area contributed by atoms with Crippen molar-refractivity contribution in [2.75, 3.05) is 0 Å². The maximum atomic E-state index is 13.8. The lowest BCUT2D eigenvalue weighted by atomic mass is 9.91. The summed E-state index contributed by atoms with van der Waals surface area (Å²) >= 11 is 1.25. The zero-order valence-corrected chi connectivity index (χ0v) is 14.8. The average molecular weight is 388 g/mol. The second-order valence-corrected chi connectivity index (χ2v) is 7.28. The molecule has 0 fully saturated rings. The van der Waals surface area contributed by atoms with Crippen LogP contribution in [0.4, 0.5) is 17.6 Å². The summed E-state index contributed by atoms with van der Waals surface area (Å²) in [6, 6.07) is 3.50. The minimum atomic E-state index is -4.67. The first-order valence-corrected chi connectivity index (χ1v) is 8.52. The Labute approximate surface area is 151 Å². The molecule has 1 aromatic heterocycles. The number of halogens is 4. The van der Waals surface area contributed by atoms with Crippen molar-refractivity contribution in [1.82, 2.24) is 0 Å². The molecular formula is C18H16F4O3S. The monoisotopic (exact) mass is 388 g/mol. The minimum absolute atomic E-state index is 0.0913. The van der Waals surface area contributed by atoms with Crippen molar-refractivity contribution in [2.24, 2.45) is 0 Å². The fraction of sp³-hybridized carbons (Fsp3) is 0.333. The summed E-state index contributed by atoms with van der Waals surface area (Å²) in [6.07, 6.45) is -4.52. The van der Waals surface area contributed by atoms with Crippen molar-refractivity contribution in [3.63, 3.8) is 0 Å². The largest absolute Gasteiger partial charge is 0.481 e. The molecule has 1 aromatic carbocycles. The predicted molar refractivity (Wildman–Crippen MR) is 89.0 cm³/mol. The average Bonchev–Trinajstić information content (AvgIpc) is 3.01. The van der Waals surface area contributed by atoms with Crippen molar-refractivity contribution in [3.05, 3.63) is 57.0 Å². The first kappa shape index (κ1) is 20.1. The molecular weight excluding hydrogens is 372 g/mol. The number of carboxylic acids is 1. The van der Waals surface area contributed by atoms with Crippen molar-refractivity contribution in [2.45, 2.75) is 38.3 Å². The van der Waals surface area contributed by atoms with Gasteiger partial charge in [0.1, 0.15) is 5.82 Å². The van der Waals surface area contributed by atoms with E-state index in [2.05, 4.69) is 0 Å². The molecule has 0 radical (unpaired) electrons. The number of alkyl halides is 3. The molecule has 8 heteroatoms. The van der Waals surface area contributed by atoms with Gasteiger partial charge in [-0.15, -0.1) is 11.3 Å². The quantitative estimate of drug-likeness (QED) is 0.554. The lowest BCUT2D eigenvalue weighted by Gasteiger charge is -2.16. The third kappa shape index (κ3) is 4.30. The van der Waals surface area contributed by atoms with Crippen LogP contribution in [0.3, 0.4) is 0 Å². The molecule has 0 aliphatic carbocycles. The second-order valence-electron chi connectivity index (χ2n) is 6.36. The van der Waals surface area contributed by atoms with Gasteiger partial charge in [0, 0.05) is 11.3 Å². The summed E-state index contributed by atoms with van der Waals surface area (Å²) in [5.74, 6) is -2.79. The third-order valence-electron chi connectivity index (χ3n) is 4.04. The zero-order valence-electron chi connectivity index (χ0n) is 14.0. The van der Waals surface area contributed by atoms with E-state index in [0.29, 0.717) is 17.0 Å². The van der Waals surface area contributed by atoms with Crippen LogP contribution in [0.25, 0.3) is 0 Å². The molecule has 26 heavy (non-hydrogen) atoms. The van der Waals surface area contributed by atoms with Gasteiger partial charge in [0.05, 0.1) is 16.5 Å². The molecule has 0 atom stereocenters. The van der Waals surface area contributed by atoms with Crippen LogP contribution in [0.5, 0.6) is 0 Å². The number of rotatable bonds is 6. The number of aliphatic carboxylic acids is 1. The normalized spacial score (nSPS) is 12.2. The molecule has 3 nitrogen and oxygen atoms in total. The van der Waals surface area contributed by atoms with Crippen LogP contribution in [0.1, 0.15) is 46.6 Å². The van der Waals surface area contributed by atoms with Gasteiger partial charge >= 0.3 is 12.1 Å². The molecule has 0 unspecified atom stereocenters. The number of thiophene rings is 1. The molecule has 2 rings (SSSR count). The van der Waals surface area contributed by atoms with Gasteiger partial charge in [-0.25, -0.2) is 4.39 Å². The van der Waals surface area contributed by atoms with Crippen molar-refractivity contribution in [1.29, 1.82) is 0 Å². The highest BCUT2D eigenvalue weighted by Gasteiger charge is 2.32. The molecule has 0 aliphatic rings. The van der Waals surface area contributed by atoms with E-state index in [4.69, 9.17) is 0 Å². The number of aryl methyl sites for hydroxylation is 1. The number of carbonyl (C=O) groups excluding carboxylic acids is 1. The standard InChI is InChI=1S/C18H16F4O3S/c1-17(2,16(24)25)15-7-10(9-26-15)3-6-14(23)12-5-4-11(8-13(12)19)18(20,21)22/h4-5,7-9H,3,6H2,1-2H3,(H,24,25). The number of Topliss-reactive ketones (excluding diaryl/α,β-unsaturated/α-hetero) is 1. The number of hydrogen-bond donors (Lipinski definition) is 1. The Morgan fingerprint density at radius 3 is 2.35 bits per heavy atom. The van der Waals surface area contributed by atoms with E-state index in [9.17, 15) is 32.3 Å². The molecule has 2 aromatic rings. The van der Waals surface area contributed by atoms with Gasteiger partial charge in [-0.3, -0.25) is 9.59 Å². The Bertz CT molecular complexity index is 837. The van der Waals surface area contributed by atoms with E-state index in [1.54, 1.807) is 25.3 Å². The molecule has 1 N–H and O–H groups in total. The van der Waals surface area contributed by atoms with Gasteiger partial charge in [0.2, 0.25) is 0 Å². The van der Waals surface area contributed by atoms with Gasteiger partial charge < -0.3 is 5.11 Å². The summed E-state index contributed by atoms with van der Waals surface area (Å²) < 4.78 is 51.4. The lowest BCUT2D eigenvalue weighted by Crippen LogP contribution is -2.27.